The number of nitrogens with one attached hydrogen (secondary N) is 2. The molecule has 1 aliphatic rings. The molecule has 1 unspecified atom stereocenters. The van der Waals surface area contributed by atoms with E-state index in [4.69, 9.17) is 16.9 Å². The number of halogens is 2. The number of nitrogens with zero attached hydrogens (tertiary/aromatic N) is 5. The Morgan fingerprint density at radius 3 is 3.11 bits per heavy atom. The average Bonchev–Trinajstić information content (AvgIpc) is 3.29. The maximum atomic E-state index is 14.5. The van der Waals surface area contributed by atoms with Crippen molar-refractivity contribution in [1.82, 2.24) is 25.3 Å². The molecule has 27 heavy (non-hydrogen) atoms. The van der Waals surface area contributed by atoms with E-state index in [1.807, 2.05) is 0 Å². The molecule has 2 N–H and O–H groups in total. The first-order valence-electron chi connectivity index (χ1n) is 8.19. The largest absolute Gasteiger partial charge is 0.345 e. The number of hydrogen-bond acceptors (Lipinski definition) is 6. The number of rotatable bonds is 3. The van der Waals surface area contributed by atoms with Gasteiger partial charge in [-0.2, -0.15) is 5.26 Å². The van der Waals surface area contributed by atoms with Crippen molar-refractivity contribution in [3.8, 4) is 17.6 Å². The molecular formula is C17H13ClFN7O. The summed E-state index contributed by atoms with van der Waals surface area (Å²) < 4.78 is 14.5. The van der Waals surface area contributed by atoms with Gasteiger partial charge < -0.3 is 9.88 Å². The van der Waals surface area contributed by atoms with Gasteiger partial charge in [0.2, 0.25) is 0 Å². The van der Waals surface area contributed by atoms with Crippen LogP contribution in [0.5, 0.6) is 0 Å². The van der Waals surface area contributed by atoms with E-state index in [1.165, 1.54) is 6.20 Å². The number of nitriles is 1. The van der Waals surface area contributed by atoms with Gasteiger partial charge in [0.25, 0.3) is 5.91 Å². The van der Waals surface area contributed by atoms with Crippen LogP contribution in [-0.2, 0) is 4.79 Å². The molecule has 8 nitrogen and oxygen atoms in total. The van der Waals surface area contributed by atoms with Gasteiger partial charge in [-0.1, -0.05) is 11.6 Å². The van der Waals surface area contributed by atoms with E-state index in [2.05, 4.69) is 25.3 Å². The third-order valence-corrected chi connectivity index (χ3v) is 4.68. The Balaban J connectivity index is 1.76. The maximum absolute atomic E-state index is 14.5. The molecule has 10 heteroatoms. The van der Waals surface area contributed by atoms with Crippen molar-refractivity contribution in [3.05, 3.63) is 35.5 Å². The topological polar surface area (TPSA) is 111 Å². The van der Waals surface area contributed by atoms with Crippen molar-refractivity contribution < 1.29 is 9.18 Å². The van der Waals surface area contributed by atoms with E-state index >= 15 is 0 Å². The molecule has 3 aromatic heterocycles. The summed E-state index contributed by atoms with van der Waals surface area (Å²) in [5.74, 6) is -0.794. The van der Waals surface area contributed by atoms with Gasteiger partial charge in [0.15, 0.2) is 23.7 Å². The van der Waals surface area contributed by atoms with Crippen LogP contribution in [-0.4, -0.2) is 38.4 Å². The molecule has 4 rings (SSSR count). The molecule has 136 valence electrons. The molecule has 4 heterocycles. The third-order valence-electron chi connectivity index (χ3n) is 4.47. The number of anilines is 1. The second-order valence-electron chi connectivity index (χ2n) is 6.07. The first kappa shape index (κ1) is 17.2. The van der Waals surface area contributed by atoms with Crippen LogP contribution in [0.25, 0.3) is 22.4 Å². The van der Waals surface area contributed by atoms with Crippen LogP contribution in [0, 0.1) is 17.3 Å². The van der Waals surface area contributed by atoms with E-state index in [9.17, 15) is 9.18 Å². The lowest BCUT2D eigenvalue weighted by Gasteiger charge is -2.24. The molecule has 0 spiro atoms. The van der Waals surface area contributed by atoms with Gasteiger partial charge in [-0.15, -0.1) is 0 Å². The molecule has 0 bridgehead atoms. The van der Waals surface area contributed by atoms with Crippen molar-refractivity contribution in [1.29, 1.82) is 5.26 Å². The van der Waals surface area contributed by atoms with Crippen molar-refractivity contribution in [2.24, 2.45) is 0 Å². The van der Waals surface area contributed by atoms with Crippen molar-refractivity contribution in [2.45, 2.75) is 18.9 Å². The highest BCUT2D eigenvalue weighted by molar-refractivity contribution is 6.31. The lowest BCUT2D eigenvalue weighted by atomic mass is 10.2. The number of pyridine rings is 1. The third kappa shape index (κ3) is 3.04. The van der Waals surface area contributed by atoms with E-state index < -0.39 is 17.8 Å². The molecule has 1 atom stereocenters. The van der Waals surface area contributed by atoms with Crippen LogP contribution in [0.3, 0.4) is 0 Å². The maximum Gasteiger partial charge on any atom is 0.255 e. The zero-order valence-corrected chi connectivity index (χ0v) is 14.7. The lowest BCUT2D eigenvalue weighted by molar-refractivity contribution is -0.121. The Kier molecular flexibility index (Phi) is 4.33. The molecule has 0 radical (unpaired) electrons. The smallest absolute Gasteiger partial charge is 0.255 e. The van der Waals surface area contributed by atoms with E-state index in [-0.39, 0.29) is 11.6 Å². The Hall–Kier alpha value is -3.25. The molecule has 1 aliphatic heterocycles. The van der Waals surface area contributed by atoms with Crippen molar-refractivity contribution >= 4 is 34.4 Å². The van der Waals surface area contributed by atoms with E-state index in [0.29, 0.717) is 41.0 Å². The zero-order valence-electron chi connectivity index (χ0n) is 13.9. The van der Waals surface area contributed by atoms with Crippen LogP contribution in [0.4, 0.5) is 10.2 Å². The summed E-state index contributed by atoms with van der Waals surface area (Å²) in [6.07, 6.45) is 7.08. The number of carbonyl (C=O) groups excluding carboxylic acids is 1. The Morgan fingerprint density at radius 2 is 2.30 bits per heavy atom. The molecule has 0 aromatic carbocycles. The van der Waals surface area contributed by atoms with Crippen molar-refractivity contribution in [2.75, 3.05) is 11.4 Å². The van der Waals surface area contributed by atoms with Crippen LogP contribution >= 0.6 is 11.6 Å². The molecule has 0 saturated carbocycles. The van der Waals surface area contributed by atoms with Gasteiger partial charge in [-0.3, -0.25) is 10.1 Å². The Morgan fingerprint density at radius 1 is 1.44 bits per heavy atom. The highest BCUT2D eigenvalue weighted by Crippen LogP contribution is 2.31. The predicted molar refractivity (Wildman–Crippen MR) is 96.2 cm³/mol. The second-order valence-corrected chi connectivity index (χ2v) is 6.51. The van der Waals surface area contributed by atoms with Gasteiger partial charge in [0.1, 0.15) is 11.7 Å². The highest BCUT2D eigenvalue weighted by atomic mass is 35.5. The van der Waals surface area contributed by atoms with Gasteiger partial charge in [0, 0.05) is 29.9 Å². The summed E-state index contributed by atoms with van der Waals surface area (Å²) in [6, 6.07) is 1.07. The summed E-state index contributed by atoms with van der Waals surface area (Å²) in [5, 5.41) is 12.0. The number of amides is 1. The summed E-state index contributed by atoms with van der Waals surface area (Å²) in [5.41, 5.74) is 1.23. The Bertz CT molecular complexity index is 1080. The van der Waals surface area contributed by atoms with Gasteiger partial charge in [-0.25, -0.2) is 19.3 Å². The van der Waals surface area contributed by atoms with Gasteiger partial charge in [0.05, 0.1) is 11.2 Å². The standard InChI is InChI=1S/C17H13ClFN7O/c18-9-4-10-11(6-22-14(10)21-5-9)15-23-7-12(19)16(25-15)26-3-1-2-13(26)17(27)24-8-20/h4-7,13H,1-3H2,(H,21,22)(H,24,27). The minimum Gasteiger partial charge on any atom is -0.345 e. The summed E-state index contributed by atoms with van der Waals surface area (Å²) in [6.45, 7) is 0.457. The molecule has 1 fully saturated rings. The first-order chi connectivity index (χ1) is 13.1. The van der Waals surface area contributed by atoms with Crippen LogP contribution in [0.1, 0.15) is 12.8 Å². The van der Waals surface area contributed by atoms with E-state index in [1.54, 1.807) is 23.4 Å². The minimum atomic E-state index is -0.652. The number of aromatic amines is 1. The average molecular weight is 386 g/mol. The lowest BCUT2D eigenvalue weighted by Crippen LogP contribution is -2.42. The number of H-pyrrole nitrogens is 1. The van der Waals surface area contributed by atoms with Crippen LogP contribution < -0.4 is 10.2 Å². The van der Waals surface area contributed by atoms with Crippen molar-refractivity contribution in [3.63, 3.8) is 0 Å². The van der Waals surface area contributed by atoms with E-state index in [0.717, 1.165) is 6.20 Å². The SMILES string of the molecule is N#CNC(=O)C1CCCN1c1nc(-c2c[nH]c3ncc(Cl)cc23)ncc1F. The summed E-state index contributed by atoms with van der Waals surface area (Å²) in [7, 11) is 0. The summed E-state index contributed by atoms with van der Waals surface area (Å²) in [4.78, 5) is 29.3. The zero-order chi connectivity index (χ0) is 19.0. The van der Waals surface area contributed by atoms with Gasteiger partial charge in [-0.05, 0) is 18.9 Å². The fraction of sp³-hybridized carbons (Fsp3) is 0.235. The predicted octanol–water partition coefficient (Wildman–Crippen LogP) is 2.38. The van der Waals surface area contributed by atoms with Gasteiger partial charge >= 0.3 is 0 Å². The highest BCUT2D eigenvalue weighted by Gasteiger charge is 2.33. The molecule has 3 aromatic rings. The molecule has 0 aliphatic carbocycles. The fourth-order valence-corrected chi connectivity index (χ4v) is 3.44. The number of aromatic nitrogens is 4. The van der Waals surface area contributed by atoms with Crippen LogP contribution in [0.2, 0.25) is 5.02 Å². The minimum absolute atomic E-state index is 0.0277. The number of carbonyl (C=O) groups is 1. The number of hydrogen-bond donors (Lipinski definition) is 2. The first-order valence-corrected chi connectivity index (χ1v) is 8.57. The Labute approximate surface area is 158 Å². The quantitative estimate of drug-likeness (QED) is 0.529. The van der Waals surface area contributed by atoms with Crippen LogP contribution in [0.15, 0.2) is 24.7 Å². The monoisotopic (exact) mass is 385 g/mol. The molecular weight excluding hydrogens is 373 g/mol. The second kappa shape index (κ2) is 6.81. The molecule has 1 saturated heterocycles. The molecule has 1 amide bonds. The normalized spacial score (nSPS) is 16.5. The fourth-order valence-electron chi connectivity index (χ4n) is 3.28. The summed E-state index contributed by atoms with van der Waals surface area (Å²) >= 11 is 6.02. The number of fused-ring (bicyclic) bond motifs is 1.